The molecule has 2 N–H and O–H groups in total. The molecule has 0 aliphatic carbocycles. The number of nitrogens with zero attached hydrogens (tertiary/aromatic N) is 1. The molecule has 0 spiro atoms. The molecule has 1 aliphatic heterocycles. The number of rotatable bonds is 8. The highest BCUT2D eigenvalue weighted by Crippen LogP contribution is 2.30. The van der Waals surface area contributed by atoms with Crippen molar-refractivity contribution in [3.8, 4) is 5.75 Å². The summed E-state index contributed by atoms with van der Waals surface area (Å²) in [7, 11) is 0. The molecule has 0 bridgehead atoms. The van der Waals surface area contributed by atoms with Gasteiger partial charge in [0.05, 0.1) is 0 Å². The fraction of sp³-hybridized carbons (Fsp3) is 0.500. The molecule has 1 saturated heterocycles. The zero-order chi connectivity index (χ0) is 19.1. The smallest absolute Gasteiger partial charge is 0.120 e. The molecule has 1 fully saturated rings. The third-order valence-corrected chi connectivity index (χ3v) is 5.43. The number of ether oxygens (including phenoxy) is 1. The van der Waals surface area contributed by atoms with Gasteiger partial charge in [-0.3, -0.25) is 0 Å². The Hall–Kier alpha value is -1.84. The van der Waals surface area contributed by atoms with Gasteiger partial charge in [0.2, 0.25) is 0 Å². The molecule has 2 aromatic carbocycles. The largest absolute Gasteiger partial charge is 0.489 e. The number of hydrogen-bond acceptors (Lipinski definition) is 3. The van der Waals surface area contributed by atoms with Crippen molar-refractivity contribution in [2.24, 2.45) is 11.7 Å². The molecule has 3 heteroatoms. The lowest BCUT2D eigenvalue weighted by molar-refractivity contribution is 0.194. The van der Waals surface area contributed by atoms with Crippen molar-refractivity contribution >= 4 is 0 Å². The van der Waals surface area contributed by atoms with Crippen LogP contribution in [0.2, 0.25) is 0 Å². The molecule has 1 aliphatic rings. The highest BCUT2D eigenvalue weighted by molar-refractivity contribution is 5.31. The SMILES string of the molecule is CC(C)C[C@H](N)CN1CCC(c2cccc(OCc3ccccc3)c2)CC1. The lowest BCUT2D eigenvalue weighted by atomic mass is 9.89. The first-order valence-corrected chi connectivity index (χ1v) is 10.3. The summed E-state index contributed by atoms with van der Waals surface area (Å²) in [4.78, 5) is 2.54. The molecular weight excluding hydrogens is 332 g/mol. The molecule has 2 aromatic rings. The Morgan fingerprint density at radius 1 is 1.04 bits per heavy atom. The van der Waals surface area contributed by atoms with Crippen LogP contribution in [0.15, 0.2) is 54.6 Å². The van der Waals surface area contributed by atoms with Gasteiger partial charge in [0.1, 0.15) is 12.4 Å². The first-order valence-electron chi connectivity index (χ1n) is 10.3. The van der Waals surface area contributed by atoms with Crippen LogP contribution in [0.4, 0.5) is 0 Å². The van der Waals surface area contributed by atoms with Crippen LogP contribution < -0.4 is 10.5 Å². The molecule has 0 aromatic heterocycles. The molecule has 0 unspecified atom stereocenters. The monoisotopic (exact) mass is 366 g/mol. The van der Waals surface area contributed by atoms with E-state index in [4.69, 9.17) is 10.5 Å². The average Bonchev–Trinajstić information content (AvgIpc) is 2.67. The molecule has 0 amide bonds. The Labute approximate surface area is 164 Å². The Morgan fingerprint density at radius 2 is 1.78 bits per heavy atom. The molecule has 1 atom stereocenters. The lowest BCUT2D eigenvalue weighted by Gasteiger charge is -2.34. The van der Waals surface area contributed by atoms with Gasteiger partial charge in [-0.2, -0.15) is 0 Å². The summed E-state index contributed by atoms with van der Waals surface area (Å²) in [5.74, 6) is 2.27. The minimum absolute atomic E-state index is 0.302. The van der Waals surface area contributed by atoms with Gasteiger partial charge in [-0.1, -0.05) is 56.3 Å². The van der Waals surface area contributed by atoms with Crippen molar-refractivity contribution in [3.05, 3.63) is 65.7 Å². The predicted octanol–water partition coefficient (Wildman–Crippen LogP) is 4.82. The van der Waals surface area contributed by atoms with E-state index >= 15 is 0 Å². The normalized spacial score (nSPS) is 17.2. The Kier molecular flexibility index (Phi) is 7.31. The number of likely N-dealkylation sites (tertiary alicyclic amines) is 1. The summed E-state index contributed by atoms with van der Waals surface area (Å²) in [6.07, 6.45) is 3.52. The van der Waals surface area contributed by atoms with Crippen molar-refractivity contribution in [3.63, 3.8) is 0 Å². The molecule has 1 heterocycles. The van der Waals surface area contributed by atoms with Crippen LogP contribution in [-0.4, -0.2) is 30.6 Å². The summed E-state index contributed by atoms with van der Waals surface area (Å²) in [6, 6.07) is 19.3. The maximum atomic E-state index is 6.29. The minimum atomic E-state index is 0.302. The van der Waals surface area contributed by atoms with Gasteiger partial charge in [0.15, 0.2) is 0 Å². The molecule has 0 radical (unpaired) electrons. The Bertz CT molecular complexity index is 678. The molecule has 146 valence electrons. The summed E-state index contributed by atoms with van der Waals surface area (Å²) < 4.78 is 6.01. The van der Waals surface area contributed by atoms with Gasteiger partial charge in [0.25, 0.3) is 0 Å². The second-order valence-corrected chi connectivity index (χ2v) is 8.31. The van der Waals surface area contributed by atoms with Crippen molar-refractivity contribution in [2.75, 3.05) is 19.6 Å². The molecule has 27 heavy (non-hydrogen) atoms. The maximum Gasteiger partial charge on any atom is 0.120 e. The fourth-order valence-corrected chi connectivity index (χ4v) is 4.06. The maximum absolute atomic E-state index is 6.29. The van der Waals surface area contributed by atoms with E-state index in [1.54, 1.807) is 0 Å². The highest BCUT2D eigenvalue weighted by Gasteiger charge is 2.22. The molecule has 3 nitrogen and oxygen atoms in total. The first kappa shape index (κ1) is 19.9. The van der Waals surface area contributed by atoms with E-state index in [-0.39, 0.29) is 0 Å². The van der Waals surface area contributed by atoms with Crippen molar-refractivity contribution in [1.82, 2.24) is 4.90 Å². The minimum Gasteiger partial charge on any atom is -0.489 e. The third kappa shape index (κ3) is 6.37. The lowest BCUT2D eigenvalue weighted by Crippen LogP contribution is -2.42. The topological polar surface area (TPSA) is 38.5 Å². The van der Waals surface area contributed by atoms with Gasteiger partial charge in [-0.15, -0.1) is 0 Å². The standard InChI is InChI=1S/C24H34N2O/c1-19(2)15-23(25)17-26-13-11-21(12-14-26)22-9-6-10-24(16-22)27-18-20-7-4-3-5-8-20/h3-10,16,19,21,23H,11-15,17-18,25H2,1-2H3/t23-/m0/s1. The van der Waals surface area contributed by atoms with E-state index in [2.05, 4.69) is 67.3 Å². The van der Waals surface area contributed by atoms with Gasteiger partial charge < -0.3 is 15.4 Å². The molecule has 3 rings (SSSR count). The van der Waals surface area contributed by atoms with Crippen LogP contribution >= 0.6 is 0 Å². The Morgan fingerprint density at radius 3 is 2.48 bits per heavy atom. The van der Waals surface area contributed by atoms with Crippen LogP contribution in [0.5, 0.6) is 5.75 Å². The number of piperidine rings is 1. The second-order valence-electron chi connectivity index (χ2n) is 8.31. The van der Waals surface area contributed by atoms with Crippen LogP contribution in [0.3, 0.4) is 0 Å². The second kappa shape index (κ2) is 9.91. The number of benzene rings is 2. The molecular formula is C24H34N2O. The highest BCUT2D eigenvalue weighted by atomic mass is 16.5. The number of hydrogen-bond donors (Lipinski definition) is 1. The molecule has 0 saturated carbocycles. The quantitative estimate of drug-likeness (QED) is 0.728. The van der Waals surface area contributed by atoms with E-state index < -0.39 is 0 Å². The fourth-order valence-electron chi connectivity index (χ4n) is 4.06. The van der Waals surface area contributed by atoms with Crippen molar-refractivity contribution in [1.29, 1.82) is 0 Å². The van der Waals surface area contributed by atoms with Crippen LogP contribution in [0.1, 0.15) is 50.2 Å². The van der Waals surface area contributed by atoms with Crippen molar-refractivity contribution < 1.29 is 4.74 Å². The van der Waals surface area contributed by atoms with E-state index in [1.807, 2.05) is 6.07 Å². The summed E-state index contributed by atoms with van der Waals surface area (Å²) in [5, 5.41) is 0. The van der Waals surface area contributed by atoms with E-state index in [1.165, 1.54) is 24.0 Å². The van der Waals surface area contributed by atoms with E-state index in [0.29, 0.717) is 24.5 Å². The van der Waals surface area contributed by atoms with Gasteiger partial charge >= 0.3 is 0 Å². The summed E-state index contributed by atoms with van der Waals surface area (Å²) in [6.45, 7) is 8.44. The van der Waals surface area contributed by atoms with Crippen LogP contribution in [0.25, 0.3) is 0 Å². The summed E-state index contributed by atoms with van der Waals surface area (Å²) >= 11 is 0. The zero-order valence-corrected chi connectivity index (χ0v) is 16.8. The van der Waals surface area contributed by atoms with E-state index in [9.17, 15) is 0 Å². The van der Waals surface area contributed by atoms with Gasteiger partial charge in [-0.05, 0) is 67.4 Å². The van der Waals surface area contributed by atoms with E-state index in [0.717, 1.165) is 31.8 Å². The third-order valence-electron chi connectivity index (χ3n) is 5.43. The Balaban J connectivity index is 1.49. The summed E-state index contributed by atoms with van der Waals surface area (Å²) in [5.41, 5.74) is 8.91. The van der Waals surface area contributed by atoms with Gasteiger partial charge in [0, 0.05) is 12.6 Å². The van der Waals surface area contributed by atoms with Gasteiger partial charge in [-0.25, -0.2) is 0 Å². The average molecular weight is 367 g/mol. The number of nitrogens with two attached hydrogens (primary N) is 1. The predicted molar refractivity (Wildman–Crippen MR) is 113 cm³/mol. The van der Waals surface area contributed by atoms with Crippen molar-refractivity contribution in [2.45, 2.75) is 51.7 Å². The van der Waals surface area contributed by atoms with Crippen LogP contribution in [0, 0.1) is 5.92 Å². The zero-order valence-electron chi connectivity index (χ0n) is 16.8. The van der Waals surface area contributed by atoms with Crippen LogP contribution in [-0.2, 0) is 6.61 Å². The first-order chi connectivity index (χ1) is 13.1.